The van der Waals surface area contributed by atoms with Crippen LogP contribution in [0.4, 0.5) is 0 Å². The highest BCUT2D eigenvalue weighted by atomic mass is 16.5. The second kappa shape index (κ2) is 7.01. The molecular formula is C18H26N2O. The molecule has 1 aromatic carbocycles. The Labute approximate surface area is 127 Å². The van der Waals surface area contributed by atoms with Gasteiger partial charge in [0.15, 0.2) is 0 Å². The number of nitrogens with one attached hydrogen (secondary N) is 1. The summed E-state index contributed by atoms with van der Waals surface area (Å²) in [6.45, 7) is 7.48. The number of ether oxygens (including phenoxy) is 1. The first-order valence-corrected chi connectivity index (χ1v) is 7.77. The van der Waals surface area contributed by atoms with Gasteiger partial charge in [0.25, 0.3) is 0 Å². The fourth-order valence-corrected chi connectivity index (χ4v) is 2.69. The molecule has 1 N–H and O–H groups in total. The second-order valence-corrected chi connectivity index (χ2v) is 5.72. The summed E-state index contributed by atoms with van der Waals surface area (Å²) < 4.78 is 5.82. The molecule has 3 heteroatoms. The van der Waals surface area contributed by atoms with Gasteiger partial charge in [-0.3, -0.25) is 4.98 Å². The Hall–Kier alpha value is -1.45. The lowest BCUT2D eigenvalue weighted by Gasteiger charge is -2.36. The number of methoxy groups -OCH3 is 1. The SMILES string of the molecule is CCCNC(c1cnc2ccccc2c1)C(C)(CC)OC. The number of para-hydroxylation sites is 1. The van der Waals surface area contributed by atoms with Crippen molar-refractivity contribution in [2.45, 2.75) is 45.3 Å². The molecule has 0 radical (unpaired) electrons. The Balaban J connectivity index is 2.42. The van der Waals surface area contributed by atoms with E-state index in [1.807, 2.05) is 18.3 Å². The van der Waals surface area contributed by atoms with E-state index in [0.717, 1.165) is 24.9 Å². The molecule has 2 atom stereocenters. The van der Waals surface area contributed by atoms with Gasteiger partial charge in [-0.05, 0) is 44.0 Å². The Morgan fingerprint density at radius 2 is 2.05 bits per heavy atom. The van der Waals surface area contributed by atoms with Crippen molar-refractivity contribution in [2.24, 2.45) is 0 Å². The van der Waals surface area contributed by atoms with Gasteiger partial charge in [0, 0.05) is 18.7 Å². The summed E-state index contributed by atoms with van der Waals surface area (Å²) in [7, 11) is 1.79. The number of benzene rings is 1. The Kier molecular flexibility index (Phi) is 5.32. The fraction of sp³-hybridized carbons (Fsp3) is 0.500. The van der Waals surface area contributed by atoms with E-state index >= 15 is 0 Å². The normalized spacial score (nSPS) is 15.8. The van der Waals surface area contributed by atoms with Gasteiger partial charge in [-0.15, -0.1) is 0 Å². The van der Waals surface area contributed by atoms with E-state index in [1.165, 1.54) is 10.9 Å². The van der Waals surface area contributed by atoms with E-state index in [1.54, 1.807) is 7.11 Å². The van der Waals surface area contributed by atoms with E-state index in [4.69, 9.17) is 4.74 Å². The van der Waals surface area contributed by atoms with Gasteiger partial charge in [0.1, 0.15) is 0 Å². The first kappa shape index (κ1) is 15.9. The van der Waals surface area contributed by atoms with Crippen LogP contribution in [0.5, 0.6) is 0 Å². The number of pyridine rings is 1. The molecular weight excluding hydrogens is 260 g/mol. The van der Waals surface area contributed by atoms with Gasteiger partial charge in [0.05, 0.1) is 17.2 Å². The number of hydrogen-bond donors (Lipinski definition) is 1. The molecule has 0 amide bonds. The summed E-state index contributed by atoms with van der Waals surface area (Å²) in [5, 5.41) is 4.80. The van der Waals surface area contributed by atoms with Crippen molar-refractivity contribution >= 4 is 10.9 Å². The van der Waals surface area contributed by atoms with Crippen LogP contribution in [-0.2, 0) is 4.74 Å². The number of hydrogen-bond acceptors (Lipinski definition) is 3. The van der Waals surface area contributed by atoms with Crippen LogP contribution in [0.1, 0.15) is 45.2 Å². The maximum atomic E-state index is 5.82. The molecule has 3 nitrogen and oxygen atoms in total. The van der Waals surface area contributed by atoms with Crippen molar-refractivity contribution in [3.05, 3.63) is 42.1 Å². The van der Waals surface area contributed by atoms with Gasteiger partial charge in [-0.2, -0.15) is 0 Å². The zero-order valence-electron chi connectivity index (χ0n) is 13.5. The Morgan fingerprint density at radius 3 is 2.71 bits per heavy atom. The minimum Gasteiger partial charge on any atom is -0.377 e. The predicted molar refractivity (Wildman–Crippen MR) is 88.5 cm³/mol. The molecule has 0 saturated heterocycles. The van der Waals surface area contributed by atoms with E-state index in [2.05, 4.69) is 49.3 Å². The molecule has 21 heavy (non-hydrogen) atoms. The van der Waals surface area contributed by atoms with Crippen molar-refractivity contribution in [3.63, 3.8) is 0 Å². The molecule has 0 saturated carbocycles. The lowest BCUT2D eigenvalue weighted by atomic mass is 9.87. The molecule has 2 rings (SSSR count). The fourth-order valence-electron chi connectivity index (χ4n) is 2.69. The topological polar surface area (TPSA) is 34.2 Å². The maximum absolute atomic E-state index is 5.82. The smallest absolute Gasteiger partial charge is 0.0842 e. The molecule has 1 heterocycles. The molecule has 2 unspecified atom stereocenters. The molecule has 0 aliphatic carbocycles. The minimum atomic E-state index is -0.237. The van der Waals surface area contributed by atoms with Crippen LogP contribution in [0.15, 0.2) is 36.5 Å². The van der Waals surface area contributed by atoms with Gasteiger partial charge >= 0.3 is 0 Å². The van der Waals surface area contributed by atoms with Crippen LogP contribution in [0.25, 0.3) is 10.9 Å². The standard InChI is InChI=1S/C18H26N2O/c1-5-11-19-17(18(3,6-2)21-4)15-12-14-9-7-8-10-16(14)20-13-15/h7-10,12-13,17,19H,5-6,11H2,1-4H3. The van der Waals surface area contributed by atoms with Crippen LogP contribution in [0.3, 0.4) is 0 Å². The highest BCUT2D eigenvalue weighted by Crippen LogP contribution is 2.32. The Bertz CT molecular complexity index is 578. The largest absolute Gasteiger partial charge is 0.377 e. The lowest BCUT2D eigenvalue weighted by Crippen LogP contribution is -2.43. The monoisotopic (exact) mass is 286 g/mol. The van der Waals surface area contributed by atoms with E-state index in [0.29, 0.717) is 0 Å². The van der Waals surface area contributed by atoms with Gasteiger partial charge in [0.2, 0.25) is 0 Å². The highest BCUT2D eigenvalue weighted by molar-refractivity contribution is 5.78. The summed E-state index contributed by atoms with van der Waals surface area (Å²) in [5.41, 5.74) is 1.98. The third-order valence-electron chi connectivity index (χ3n) is 4.32. The lowest BCUT2D eigenvalue weighted by molar-refractivity contribution is -0.0299. The third-order valence-corrected chi connectivity index (χ3v) is 4.32. The van der Waals surface area contributed by atoms with Crippen molar-refractivity contribution in [3.8, 4) is 0 Å². The summed E-state index contributed by atoms with van der Waals surface area (Å²) in [5.74, 6) is 0. The molecule has 114 valence electrons. The van der Waals surface area contributed by atoms with Crippen LogP contribution in [0.2, 0.25) is 0 Å². The summed E-state index contributed by atoms with van der Waals surface area (Å²) in [4.78, 5) is 4.60. The first-order chi connectivity index (χ1) is 10.1. The van der Waals surface area contributed by atoms with E-state index < -0.39 is 0 Å². The van der Waals surface area contributed by atoms with Crippen molar-refractivity contribution in [1.29, 1.82) is 0 Å². The summed E-state index contributed by atoms with van der Waals surface area (Å²) in [6.07, 6.45) is 4.02. The van der Waals surface area contributed by atoms with Gasteiger partial charge < -0.3 is 10.1 Å². The van der Waals surface area contributed by atoms with Crippen LogP contribution >= 0.6 is 0 Å². The van der Waals surface area contributed by atoms with Crippen LogP contribution in [-0.4, -0.2) is 24.2 Å². The number of fused-ring (bicyclic) bond motifs is 1. The molecule has 0 bridgehead atoms. The molecule has 0 aliphatic heterocycles. The van der Waals surface area contributed by atoms with Gasteiger partial charge in [-0.25, -0.2) is 0 Å². The maximum Gasteiger partial charge on any atom is 0.0842 e. The quantitative estimate of drug-likeness (QED) is 0.832. The number of nitrogens with zero attached hydrogens (tertiary/aromatic N) is 1. The summed E-state index contributed by atoms with van der Waals surface area (Å²) >= 11 is 0. The molecule has 2 aromatic rings. The highest BCUT2D eigenvalue weighted by Gasteiger charge is 2.33. The third kappa shape index (κ3) is 3.42. The second-order valence-electron chi connectivity index (χ2n) is 5.72. The van der Waals surface area contributed by atoms with Crippen LogP contribution in [0, 0.1) is 0 Å². The number of rotatable bonds is 7. The van der Waals surface area contributed by atoms with Crippen molar-refractivity contribution < 1.29 is 4.74 Å². The van der Waals surface area contributed by atoms with Crippen LogP contribution < -0.4 is 5.32 Å². The molecule has 0 fully saturated rings. The van der Waals surface area contributed by atoms with E-state index in [-0.39, 0.29) is 11.6 Å². The minimum absolute atomic E-state index is 0.143. The van der Waals surface area contributed by atoms with Gasteiger partial charge in [-0.1, -0.05) is 32.0 Å². The molecule has 0 aliphatic rings. The Morgan fingerprint density at radius 1 is 1.29 bits per heavy atom. The first-order valence-electron chi connectivity index (χ1n) is 7.77. The molecule has 1 aromatic heterocycles. The predicted octanol–water partition coefficient (Wildman–Crippen LogP) is 4.09. The average Bonchev–Trinajstić information content (AvgIpc) is 2.54. The molecule has 0 spiro atoms. The zero-order valence-corrected chi connectivity index (χ0v) is 13.5. The zero-order chi connectivity index (χ0) is 15.3. The van der Waals surface area contributed by atoms with E-state index in [9.17, 15) is 0 Å². The summed E-state index contributed by atoms with van der Waals surface area (Å²) in [6, 6.07) is 10.6. The average molecular weight is 286 g/mol. The van der Waals surface area contributed by atoms with Crippen molar-refractivity contribution in [2.75, 3.05) is 13.7 Å². The van der Waals surface area contributed by atoms with Crippen molar-refractivity contribution in [1.82, 2.24) is 10.3 Å². The number of aromatic nitrogens is 1.